The van der Waals surface area contributed by atoms with Gasteiger partial charge in [-0.25, -0.2) is 9.69 Å². The van der Waals surface area contributed by atoms with Gasteiger partial charge in [0.1, 0.15) is 5.54 Å². The number of hydrogen-bond donors (Lipinski definition) is 2. The highest BCUT2D eigenvalue weighted by Gasteiger charge is 2.55. The number of rotatable bonds is 6. The van der Waals surface area contributed by atoms with E-state index >= 15 is 0 Å². The molecule has 1 aliphatic carbocycles. The first-order valence-electron chi connectivity index (χ1n) is 11.9. The molecule has 0 radical (unpaired) electrons. The van der Waals surface area contributed by atoms with Gasteiger partial charge in [0.25, 0.3) is 5.91 Å². The fourth-order valence-corrected chi connectivity index (χ4v) is 5.26. The van der Waals surface area contributed by atoms with Gasteiger partial charge in [0.15, 0.2) is 0 Å². The number of anilines is 1. The molecule has 3 fully saturated rings. The third kappa shape index (κ3) is 4.52. The van der Waals surface area contributed by atoms with Gasteiger partial charge in [-0.15, -0.1) is 0 Å². The minimum Gasteiger partial charge on any atom is -0.325 e. The zero-order valence-corrected chi connectivity index (χ0v) is 19.2. The van der Waals surface area contributed by atoms with Crippen LogP contribution in [0.5, 0.6) is 0 Å². The van der Waals surface area contributed by atoms with Crippen LogP contribution < -0.4 is 10.6 Å². The Balaban J connectivity index is 1.26. The molecule has 2 saturated heterocycles. The van der Waals surface area contributed by atoms with Crippen molar-refractivity contribution < 1.29 is 14.4 Å². The smallest absolute Gasteiger partial charge is 0.325 e. The summed E-state index contributed by atoms with van der Waals surface area (Å²) in [7, 11) is 0. The zero-order valence-electron chi connectivity index (χ0n) is 19.2. The third-order valence-electron chi connectivity index (χ3n) is 7.35. The van der Waals surface area contributed by atoms with Crippen LogP contribution in [0.15, 0.2) is 24.3 Å². The average molecular weight is 442 g/mol. The number of para-hydroxylation sites is 1. The van der Waals surface area contributed by atoms with Crippen molar-refractivity contribution in [1.29, 1.82) is 0 Å². The van der Waals surface area contributed by atoms with E-state index in [4.69, 9.17) is 0 Å². The number of urea groups is 1. The van der Waals surface area contributed by atoms with Gasteiger partial charge in [0.05, 0.1) is 13.2 Å². The van der Waals surface area contributed by atoms with E-state index in [1.807, 2.05) is 24.3 Å². The van der Waals surface area contributed by atoms with Crippen molar-refractivity contribution in [3.05, 3.63) is 29.8 Å². The van der Waals surface area contributed by atoms with Crippen LogP contribution in [0.1, 0.15) is 45.1 Å². The maximum absolute atomic E-state index is 13.2. The van der Waals surface area contributed by atoms with Gasteiger partial charge in [-0.3, -0.25) is 19.4 Å². The Morgan fingerprint density at radius 1 is 1.12 bits per heavy atom. The van der Waals surface area contributed by atoms with Crippen LogP contribution in [-0.2, 0) is 16.0 Å². The standard InChI is InChI=1S/C24H35N5O3/c1-3-19-9-4-5-10-20(19)25-21(30)16-27-12-14-28(15-13-27)17-29-22(31)24(26-23(29)32)11-7-6-8-18(24)2/h4-5,9-10,18H,3,6-8,11-17H2,1-2H3,(H,25,30)(H,26,32). The summed E-state index contributed by atoms with van der Waals surface area (Å²) in [6.07, 6.45) is 4.68. The van der Waals surface area contributed by atoms with Crippen molar-refractivity contribution in [2.45, 2.75) is 51.5 Å². The number of imide groups is 1. The fraction of sp³-hybridized carbons (Fsp3) is 0.625. The molecule has 1 saturated carbocycles. The predicted octanol–water partition coefficient (Wildman–Crippen LogP) is 2.26. The second-order valence-corrected chi connectivity index (χ2v) is 9.38. The molecule has 0 aromatic heterocycles. The molecule has 3 aliphatic rings. The van der Waals surface area contributed by atoms with E-state index in [1.165, 1.54) is 4.90 Å². The number of carbonyl (C=O) groups excluding carboxylic acids is 3. The Morgan fingerprint density at radius 2 is 1.84 bits per heavy atom. The minimum absolute atomic E-state index is 0.0123. The van der Waals surface area contributed by atoms with Crippen LogP contribution in [0.3, 0.4) is 0 Å². The summed E-state index contributed by atoms with van der Waals surface area (Å²) < 4.78 is 0. The van der Waals surface area contributed by atoms with E-state index in [1.54, 1.807) is 0 Å². The maximum atomic E-state index is 13.2. The lowest BCUT2D eigenvalue weighted by molar-refractivity contribution is -0.136. The molecule has 8 nitrogen and oxygen atoms in total. The Bertz CT molecular complexity index is 867. The van der Waals surface area contributed by atoms with Gasteiger partial charge in [0, 0.05) is 31.9 Å². The molecule has 2 aliphatic heterocycles. The van der Waals surface area contributed by atoms with Crippen molar-refractivity contribution >= 4 is 23.5 Å². The van der Waals surface area contributed by atoms with Crippen LogP contribution in [0.2, 0.25) is 0 Å². The zero-order chi connectivity index (χ0) is 22.7. The van der Waals surface area contributed by atoms with Crippen molar-refractivity contribution in [3.8, 4) is 0 Å². The molecule has 2 N–H and O–H groups in total. The van der Waals surface area contributed by atoms with E-state index in [0.29, 0.717) is 13.2 Å². The Hall–Kier alpha value is -2.45. The molecule has 2 heterocycles. The summed E-state index contributed by atoms with van der Waals surface area (Å²) >= 11 is 0. The van der Waals surface area contributed by atoms with Gasteiger partial charge >= 0.3 is 6.03 Å². The summed E-state index contributed by atoms with van der Waals surface area (Å²) in [5, 5.41) is 6.05. The lowest BCUT2D eigenvalue weighted by Gasteiger charge is -2.38. The Kier molecular flexibility index (Phi) is 6.81. The van der Waals surface area contributed by atoms with Crippen LogP contribution >= 0.6 is 0 Å². The number of piperazine rings is 1. The first-order chi connectivity index (χ1) is 15.4. The fourth-order valence-electron chi connectivity index (χ4n) is 5.26. The normalized spacial score (nSPS) is 27.1. The molecular weight excluding hydrogens is 406 g/mol. The molecular formula is C24H35N5O3. The first-order valence-corrected chi connectivity index (χ1v) is 11.9. The van der Waals surface area contributed by atoms with E-state index < -0.39 is 5.54 Å². The molecule has 2 unspecified atom stereocenters. The molecule has 4 rings (SSSR count). The summed E-state index contributed by atoms with van der Waals surface area (Å²) in [6.45, 7) is 7.72. The van der Waals surface area contributed by atoms with E-state index in [-0.39, 0.29) is 23.8 Å². The highest BCUT2D eigenvalue weighted by Crippen LogP contribution is 2.38. The summed E-state index contributed by atoms with van der Waals surface area (Å²) in [6, 6.07) is 7.62. The van der Waals surface area contributed by atoms with Crippen molar-refractivity contribution in [3.63, 3.8) is 0 Å². The van der Waals surface area contributed by atoms with E-state index in [0.717, 1.165) is 69.5 Å². The molecule has 8 heteroatoms. The SMILES string of the molecule is CCc1ccccc1NC(=O)CN1CCN(CN2C(=O)NC3(CCCCC3C)C2=O)CC1. The van der Waals surface area contributed by atoms with Crippen LogP contribution in [-0.4, -0.2) is 77.5 Å². The van der Waals surface area contributed by atoms with Gasteiger partial charge in [-0.05, 0) is 36.8 Å². The largest absolute Gasteiger partial charge is 0.326 e. The lowest BCUT2D eigenvalue weighted by atomic mass is 9.73. The maximum Gasteiger partial charge on any atom is 0.326 e. The molecule has 2 atom stereocenters. The molecule has 0 bridgehead atoms. The number of nitrogens with zero attached hydrogens (tertiary/aromatic N) is 3. The first kappa shape index (κ1) is 22.7. The summed E-state index contributed by atoms with van der Waals surface area (Å²) in [5.74, 6) is 0.0960. The molecule has 32 heavy (non-hydrogen) atoms. The number of aryl methyl sites for hydroxylation is 1. The summed E-state index contributed by atoms with van der Waals surface area (Å²) in [5.41, 5.74) is 1.30. The predicted molar refractivity (Wildman–Crippen MR) is 123 cm³/mol. The number of hydrogen-bond acceptors (Lipinski definition) is 5. The summed E-state index contributed by atoms with van der Waals surface area (Å²) in [4.78, 5) is 44.0. The van der Waals surface area contributed by atoms with Crippen molar-refractivity contribution in [2.24, 2.45) is 5.92 Å². The minimum atomic E-state index is -0.704. The van der Waals surface area contributed by atoms with Crippen molar-refractivity contribution in [1.82, 2.24) is 20.0 Å². The molecule has 1 spiro atoms. The number of amides is 4. The highest BCUT2D eigenvalue weighted by molar-refractivity contribution is 6.07. The Morgan fingerprint density at radius 3 is 2.56 bits per heavy atom. The van der Waals surface area contributed by atoms with Crippen LogP contribution in [0.25, 0.3) is 0 Å². The number of benzene rings is 1. The Labute approximate surface area is 190 Å². The second-order valence-electron chi connectivity index (χ2n) is 9.38. The number of carbonyl (C=O) groups is 3. The van der Waals surface area contributed by atoms with Gasteiger partial charge in [0.2, 0.25) is 5.91 Å². The van der Waals surface area contributed by atoms with Crippen molar-refractivity contribution in [2.75, 3.05) is 44.7 Å². The molecule has 1 aromatic rings. The lowest BCUT2D eigenvalue weighted by Crippen LogP contribution is -2.55. The molecule has 1 aromatic carbocycles. The van der Waals surface area contributed by atoms with Gasteiger partial charge < -0.3 is 10.6 Å². The van der Waals surface area contributed by atoms with Gasteiger partial charge in [-0.2, -0.15) is 0 Å². The van der Waals surface area contributed by atoms with Crippen LogP contribution in [0.4, 0.5) is 10.5 Å². The topological polar surface area (TPSA) is 85.0 Å². The monoisotopic (exact) mass is 441 g/mol. The van der Waals surface area contributed by atoms with Gasteiger partial charge in [-0.1, -0.05) is 44.9 Å². The van der Waals surface area contributed by atoms with Crippen LogP contribution in [0, 0.1) is 5.92 Å². The molecule has 174 valence electrons. The average Bonchev–Trinajstić information content (AvgIpc) is 3.02. The number of nitrogens with one attached hydrogen (secondary N) is 2. The highest BCUT2D eigenvalue weighted by atomic mass is 16.2. The second kappa shape index (κ2) is 9.58. The third-order valence-corrected chi connectivity index (χ3v) is 7.35. The molecule has 4 amide bonds. The van der Waals surface area contributed by atoms with E-state index in [2.05, 4.69) is 34.3 Å². The van der Waals surface area contributed by atoms with E-state index in [9.17, 15) is 14.4 Å². The quantitative estimate of drug-likeness (QED) is 0.662.